The van der Waals surface area contributed by atoms with Crippen molar-refractivity contribution in [2.24, 2.45) is 5.10 Å². The maximum absolute atomic E-state index is 11.5. The number of hydrazone groups is 1. The first-order valence-electron chi connectivity index (χ1n) is 7.63. The lowest BCUT2D eigenvalue weighted by molar-refractivity contribution is -0.385. The van der Waals surface area contributed by atoms with E-state index < -0.39 is 4.92 Å². The molecule has 0 aliphatic heterocycles. The van der Waals surface area contributed by atoms with E-state index in [2.05, 4.69) is 15.5 Å². The van der Waals surface area contributed by atoms with Crippen LogP contribution >= 0.6 is 0 Å². The van der Waals surface area contributed by atoms with E-state index in [0.29, 0.717) is 22.9 Å². The van der Waals surface area contributed by atoms with Gasteiger partial charge in [-0.3, -0.25) is 20.3 Å². The van der Waals surface area contributed by atoms with Gasteiger partial charge in [0.1, 0.15) is 23.5 Å². The minimum absolute atomic E-state index is 0.0139. The molecule has 0 saturated heterocycles. The van der Waals surface area contributed by atoms with Crippen LogP contribution in [0.5, 0.6) is 0 Å². The fourth-order valence-electron chi connectivity index (χ4n) is 2.19. The summed E-state index contributed by atoms with van der Waals surface area (Å²) in [6.45, 7) is 1.51. The standard InChI is InChI=1S/C18H14N4O4/c1-12(23)13-3-2-4-14(9-13)17-7-6-16(26-17)11-20-21-18-8-5-15(10-19-18)22(24)25/h2-11H,1H3,(H,19,21)/b20-11+. The summed E-state index contributed by atoms with van der Waals surface area (Å²) in [5.74, 6) is 1.47. The van der Waals surface area contributed by atoms with E-state index in [-0.39, 0.29) is 11.5 Å². The number of benzene rings is 1. The van der Waals surface area contributed by atoms with E-state index in [4.69, 9.17) is 4.42 Å². The molecule has 0 aliphatic carbocycles. The smallest absolute Gasteiger partial charge is 0.287 e. The molecule has 8 nitrogen and oxygen atoms in total. The Morgan fingerprint density at radius 2 is 2.12 bits per heavy atom. The van der Waals surface area contributed by atoms with Crippen molar-refractivity contribution >= 4 is 23.5 Å². The van der Waals surface area contributed by atoms with Gasteiger partial charge >= 0.3 is 0 Å². The van der Waals surface area contributed by atoms with Crippen LogP contribution in [0.15, 0.2) is 64.2 Å². The Labute approximate surface area is 148 Å². The number of rotatable bonds is 6. The molecular weight excluding hydrogens is 336 g/mol. The lowest BCUT2D eigenvalue weighted by Crippen LogP contribution is -1.94. The molecule has 0 aliphatic rings. The van der Waals surface area contributed by atoms with Crippen LogP contribution in [-0.2, 0) is 0 Å². The van der Waals surface area contributed by atoms with Gasteiger partial charge in [0.2, 0.25) is 0 Å². The second-order valence-corrected chi connectivity index (χ2v) is 5.37. The molecule has 0 amide bonds. The van der Waals surface area contributed by atoms with Crippen LogP contribution in [0.4, 0.5) is 11.5 Å². The summed E-state index contributed by atoms with van der Waals surface area (Å²) in [6, 6.07) is 13.5. The van der Waals surface area contributed by atoms with Crippen LogP contribution < -0.4 is 5.43 Å². The highest BCUT2D eigenvalue weighted by Crippen LogP contribution is 2.23. The van der Waals surface area contributed by atoms with E-state index in [1.807, 2.05) is 6.07 Å². The van der Waals surface area contributed by atoms with Gasteiger partial charge in [-0.05, 0) is 31.2 Å². The minimum atomic E-state index is -0.522. The quantitative estimate of drug-likeness (QED) is 0.312. The van der Waals surface area contributed by atoms with Gasteiger partial charge in [0, 0.05) is 17.2 Å². The average molecular weight is 350 g/mol. The maximum atomic E-state index is 11.5. The van der Waals surface area contributed by atoms with Crippen molar-refractivity contribution in [3.8, 4) is 11.3 Å². The number of aromatic nitrogens is 1. The lowest BCUT2D eigenvalue weighted by atomic mass is 10.1. The SMILES string of the molecule is CC(=O)c1cccc(-c2ccc(/C=N/Nc3ccc([N+](=O)[O-])cn3)o2)c1. The molecule has 26 heavy (non-hydrogen) atoms. The van der Waals surface area contributed by atoms with Gasteiger partial charge in [-0.15, -0.1) is 0 Å². The largest absolute Gasteiger partial charge is 0.455 e. The first-order chi connectivity index (χ1) is 12.5. The van der Waals surface area contributed by atoms with Gasteiger partial charge in [0.05, 0.1) is 11.1 Å². The number of carbonyl (C=O) groups excluding carboxylic acids is 1. The molecule has 8 heteroatoms. The molecule has 0 atom stereocenters. The molecule has 2 aromatic heterocycles. The number of anilines is 1. The van der Waals surface area contributed by atoms with Crippen molar-refractivity contribution in [1.82, 2.24) is 4.98 Å². The highest BCUT2D eigenvalue weighted by Gasteiger charge is 2.07. The number of Topliss-reactive ketones (excluding diaryl/α,β-unsaturated/α-hetero) is 1. The third-order valence-electron chi connectivity index (χ3n) is 3.51. The summed E-state index contributed by atoms with van der Waals surface area (Å²) in [5, 5.41) is 14.6. The topological polar surface area (TPSA) is 111 Å². The highest BCUT2D eigenvalue weighted by molar-refractivity contribution is 5.95. The molecule has 0 saturated carbocycles. The van der Waals surface area contributed by atoms with Crippen molar-refractivity contribution in [2.45, 2.75) is 6.92 Å². The number of nitro groups is 1. The molecule has 1 N–H and O–H groups in total. The first kappa shape index (κ1) is 17.0. The van der Waals surface area contributed by atoms with Gasteiger partial charge in [-0.25, -0.2) is 4.98 Å². The van der Waals surface area contributed by atoms with E-state index in [1.54, 1.807) is 30.3 Å². The number of hydrogen-bond acceptors (Lipinski definition) is 7. The van der Waals surface area contributed by atoms with Gasteiger partial charge in [-0.1, -0.05) is 18.2 Å². The summed E-state index contributed by atoms with van der Waals surface area (Å²) in [5.41, 5.74) is 3.97. The van der Waals surface area contributed by atoms with Gasteiger partial charge in [0.25, 0.3) is 5.69 Å². The van der Waals surface area contributed by atoms with Crippen LogP contribution in [0, 0.1) is 10.1 Å². The van der Waals surface area contributed by atoms with Crippen LogP contribution in [0.3, 0.4) is 0 Å². The highest BCUT2D eigenvalue weighted by atomic mass is 16.6. The molecule has 3 aromatic rings. The number of ketones is 1. The normalized spacial score (nSPS) is 10.8. The Hall–Kier alpha value is -3.81. The van der Waals surface area contributed by atoms with Gasteiger partial charge < -0.3 is 4.42 Å². The predicted octanol–water partition coefficient (Wildman–Crippen LogP) is 3.90. The molecule has 3 rings (SSSR count). The predicted molar refractivity (Wildman–Crippen MR) is 96.3 cm³/mol. The zero-order valence-corrected chi connectivity index (χ0v) is 13.7. The molecular formula is C18H14N4O4. The Balaban J connectivity index is 1.68. The number of carbonyl (C=O) groups is 1. The van der Waals surface area contributed by atoms with Crippen molar-refractivity contribution in [3.05, 3.63) is 76.2 Å². The summed E-state index contributed by atoms with van der Waals surface area (Å²) in [6.07, 6.45) is 2.60. The molecule has 0 bridgehead atoms. The average Bonchev–Trinajstić information content (AvgIpc) is 3.11. The Kier molecular flexibility index (Phi) is 4.84. The Bertz CT molecular complexity index is 977. The molecule has 0 spiro atoms. The van der Waals surface area contributed by atoms with Crippen LogP contribution in [0.1, 0.15) is 23.0 Å². The summed E-state index contributed by atoms with van der Waals surface area (Å²) in [4.78, 5) is 25.4. The summed E-state index contributed by atoms with van der Waals surface area (Å²) < 4.78 is 5.68. The fourth-order valence-corrected chi connectivity index (χ4v) is 2.19. The van der Waals surface area contributed by atoms with E-state index in [9.17, 15) is 14.9 Å². The zero-order chi connectivity index (χ0) is 18.5. The Morgan fingerprint density at radius 3 is 2.81 bits per heavy atom. The Morgan fingerprint density at radius 1 is 1.27 bits per heavy atom. The summed E-state index contributed by atoms with van der Waals surface area (Å²) >= 11 is 0. The second-order valence-electron chi connectivity index (χ2n) is 5.37. The van der Waals surface area contributed by atoms with Gasteiger partial charge in [0.15, 0.2) is 5.78 Å². The zero-order valence-electron chi connectivity index (χ0n) is 13.7. The molecule has 0 radical (unpaired) electrons. The van der Waals surface area contributed by atoms with Crippen molar-refractivity contribution in [1.29, 1.82) is 0 Å². The maximum Gasteiger partial charge on any atom is 0.287 e. The third-order valence-corrected chi connectivity index (χ3v) is 3.51. The molecule has 0 fully saturated rings. The van der Waals surface area contributed by atoms with Crippen molar-refractivity contribution in [2.75, 3.05) is 5.43 Å². The molecule has 130 valence electrons. The van der Waals surface area contributed by atoms with E-state index in [1.165, 1.54) is 25.3 Å². The number of pyridine rings is 1. The van der Waals surface area contributed by atoms with Crippen LogP contribution in [0.2, 0.25) is 0 Å². The first-order valence-corrected chi connectivity index (χ1v) is 7.63. The van der Waals surface area contributed by atoms with E-state index in [0.717, 1.165) is 11.8 Å². The monoisotopic (exact) mass is 350 g/mol. The number of nitrogens with one attached hydrogen (secondary N) is 1. The number of nitrogens with zero attached hydrogens (tertiary/aromatic N) is 3. The molecule has 2 heterocycles. The van der Waals surface area contributed by atoms with E-state index >= 15 is 0 Å². The minimum Gasteiger partial charge on any atom is -0.455 e. The number of furan rings is 1. The van der Waals surface area contributed by atoms with Crippen LogP contribution in [0.25, 0.3) is 11.3 Å². The van der Waals surface area contributed by atoms with Crippen molar-refractivity contribution in [3.63, 3.8) is 0 Å². The molecule has 0 unspecified atom stereocenters. The summed E-state index contributed by atoms with van der Waals surface area (Å²) in [7, 11) is 0. The van der Waals surface area contributed by atoms with Gasteiger partial charge in [-0.2, -0.15) is 5.10 Å². The molecule has 1 aromatic carbocycles. The third kappa shape index (κ3) is 3.99. The van der Waals surface area contributed by atoms with Crippen molar-refractivity contribution < 1.29 is 14.1 Å². The fraction of sp³-hybridized carbons (Fsp3) is 0.0556. The number of hydrogen-bond donors (Lipinski definition) is 1. The second kappa shape index (κ2) is 7.39. The van der Waals surface area contributed by atoms with Crippen LogP contribution in [-0.4, -0.2) is 21.9 Å². The lowest BCUT2D eigenvalue weighted by Gasteiger charge is -2.00.